The number of aromatic nitrogens is 4. The van der Waals surface area contributed by atoms with Crippen LogP contribution >= 0.6 is 0 Å². The molecule has 0 unspecified atom stereocenters. The Morgan fingerprint density at radius 2 is 1.81 bits per heavy atom. The molecular formula is C24H25N5O2. The van der Waals surface area contributed by atoms with Gasteiger partial charge in [-0.1, -0.05) is 62.3 Å². The second-order valence-corrected chi connectivity index (χ2v) is 8.45. The third kappa shape index (κ3) is 5.06. The van der Waals surface area contributed by atoms with Crippen molar-refractivity contribution in [2.75, 3.05) is 0 Å². The van der Waals surface area contributed by atoms with E-state index in [2.05, 4.69) is 53.3 Å². The van der Waals surface area contributed by atoms with Crippen LogP contribution < -0.4 is 5.32 Å². The second kappa shape index (κ2) is 8.55. The summed E-state index contributed by atoms with van der Waals surface area (Å²) in [7, 11) is 0. The number of hydrogen-bond donors (Lipinski definition) is 1. The molecule has 31 heavy (non-hydrogen) atoms. The van der Waals surface area contributed by atoms with Gasteiger partial charge in [0.05, 0.1) is 12.9 Å². The van der Waals surface area contributed by atoms with Gasteiger partial charge in [0.15, 0.2) is 0 Å². The first-order valence-corrected chi connectivity index (χ1v) is 10.1. The standard InChI is InChI=1S/C24H25N5O2/c1-24(2,3)20-10-8-18(9-11-20)22-27-21(31-28-22)14-26-23(30)19-6-4-17(5-7-19)15-29-13-12-25-16-29/h4-13,16H,14-15H2,1-3H3,(H,26,30). The number of rotatable bonds is 6. The quantitative estimate of drug-likeness (QED) is 0.510. The van der Waals surface area contributed by atoms with E-state index in [-0.39, 0.29) is 17.9 Å². The van der Waals surface area contributed by atoms with Gasteiger partial charge in [-0.2, -0.15) is 4.98 Å². The molecule has 0 radical (unpaired) electrons. The van der Waals surface area contributed by atoms with Crippen LogP contribution in [0.3, 0.4) is 0 Å². The number of hydrogen-bond acceptors (Lipinski definition) is 5. The minimum atomic E-state index is -0.191. The van der Waals surface area contributed by atoms with Crippen molar-refractivity contribution in [1.82, 2.24) is 25.0 Å². The maximum absolute atomic E-state index is 12.4. The van der Waals surface area contributed by atoms with Gasteiger partial charge in [-0.3, -0.25) is 4.79 Å². The molecule has 0 aliphatic rings. The number of carbonyl (C=O) groups is 1. The Labute approximate surface area is 181 Å². The number of benzene rings is 2. The van der Waals surface area contributed by atoms with Crippen molar-refractivity contribution >= 4 is 5.91 Å². The lowest BCUT2D eigenvalue weighted by Gasteiger charge is -2.18. The minimum absolute atomic E-state index is 0.0862. The molecule has 2 aromatic heterocycles. The fourth-order valence-electron chi connectivity index (χ4n) is 3.17. The van der Waals surface area contributed by atoms with Crippen molar-refractivity contribution in [3.05, 3.63) is 89.8 Å². The molecular weight excluding hydrogens is 390 g/mol. The molecule has 1 N–H and O–H groups in total. The van der Waals surface area contributed by atoms with E-state index in [1.165, 1.54) is 5.56 Å². The Morgan fingerprint density at radius 1 is 1.06 bits per heavy atom. The number of amides is 1. The summed E-state index contributed by atoms with van der Waals surface area (Å²) in [6.45, 7) is 7.39. The fraction of sp³-hybridized carbons (Fsp3) is 0.250. The molecule has 0 spiro atoms. The Morgan fingerprint density at radius 3 is 2.45 bits per heavy atom. The summed E-state index contributed by atoms with van der Waals surface area (Å²) >= 11 is 0. The van der Waals surface area contributed by atoms with E-state index in [1.807, 2.05) is 35.0 Å². The first-order valence-electron chi connectivity index (χ1n) is 10.1. The van der Waals surface area contributed by atoms with Crippen LogP contribution in [0.15, 0.2) is 71.8 Å². The predicted octanol–water partition coefficient (Wildman–Crippen LogP) is 4.21. The molecule has 4 aromatic rings. The molecule has 0 saturated heterocycles. The molecule has 0 aliphatic heterocycles. The summed E-state index contributed by atoms with van der Waals surface area (Å²) in [5, 5.41) is 6.85. The maximum atomic E-state index is 12.4. The van der Waals surface area contributed by atoms with Gasteiger partial charge in [0.1, 0.15) is 0 Å². The lowest BCUT2D eigenvalue weighted by Crippen LogP contribution is -2.22. The van der Waals surface area contributed by atoms with Crippen molar-refractivity contribution in [1.29, 1.82) is 0 Å². The molecule has 0 bridgehead atoms. The third-order valence-electron chi connectivity index (χ3n) is 5.02. The van der Waals surface area contributed by atoms with E-state index in [0.717, 1.165) is 11.1 Å². The van der Waals surface area contributed by atoms with Crippen molar-refractivity contribution < 1.29 is 9.32 Å². The molecule has 2 aromatic carbocycles. The van der Waals surface area contributed by atoms with E-state index in [0.29, 0.717) is 23.8 Å². The van der Waals surface area contributed by atoms with Crippen LogP contribution in [0.2, 0.25) is 0 Å². The van der Waals surface area contributed by atoms with Crippen LogP contribution in [0.5, 0.6) is 0 Å². The summed E-state index contributed by atoms with van der Waals surface area (Å²) in [6.07, 6.45) is 5.40. The summed E-state index contributed by atoms with van der Waals surface area (Å²) < 4.78 is 7.27. The van der Waals surface area contributed by atoms with Gasteiger partial charge in [-0.25, -0.2) is 4.98 Å². The molecule has 4 rings (SSSR count). The molecule has 158 valence electrons. The van der Waals surface area contributed by atoms with Gasteiger partial charge in [0.25, 0.3) is 5.91 Å². The Hall–Kier alpha value is -3.74. The molecule has 0 fully saturated rings. The summed E-state index contributed by atoms with van der Waals surface area (Å²) in [5.41, 5.74) is 3.87. The van der Waals surface area contributed by atoms with Crippen LogP contribution in [0.4, 0.5) is 0 Å². The highest BCUT2D eigenvalue weighted by molar-refractivity contribution is 5.94. The van der Waals surface area contributed by atoms with Crippen molar-refractivity contribution in [2.45, 2.75) is 39.3 Å². The summed E-state index contributed by atoms with van der Waals surface area (Å²) in [6, 6.07) is 15.6. The lowest BCUT2D eigenvalue weighted by molar-refractivity contribution is 0.0946. The van der Waals surface area contributed by atoms with Gasteiger partial charge in [0.2, 0.25) is 11.7 Å². The Balaban J connectivity index is 1.34. The van der Waals surface area contributed by atoms with E-state index in [4.69, 9.17) is 4.52 Å². The SMILES string of the molecule is CC(C)(C)c1ccc(-c2noc(CNC(=O)c3ccc(Cn4ccnc4)cc3)n2)cc1. The van der Waals surface area contributed by atoms with Crippen LogP contribution in [-0.4, -0.2) is 25.6 Å². The van der Waals surface area contributed by atoms with E-state index in [1.54, 1.807) is 24.7 Å². The predicted molar refractivity (Wildman–Crippen MR) is 117 cm³/mol. The smallest absolute Gasteiger partial charge is 0.251 e. The third-order valence-corrected chi connectivity index (χ3v) is 5.02. The Kier molecular flexibility index (Phi) is 5.66. The summed E-state index contributed by atoms with van der Waals surface area (Å²) in [5.74, 6) is 0.678. The van der Waals surface area contributed by atoms with Crippen LogP contribution in [0.25, 0.3) is 11.4 Å². The molecule has 0 aliphatic carbocycles. The van der Waals surface area contributed by atoms with Gasteiger partial charge in [-0.05, 0) is 28.7 Å². The summed E-state index contributed by atoms with van der Waals surface area (Å²) in [4.78, 5) is 20.9. The molecule has 2 heterocycles. The Bertz CT molecular complexity index is 1140. The zero-order valence-corrected chi connectivity index (χ0v) is 17.9. The van der Waals surface area contributed by atoms with E-state index in [9.17, 15) is 4.79 Å². The highest BCUT2D eigenvalue weighted by atomic mass is 16.5. The first-order chi connectivity index (χ1) is 14.9. The molecule has 0 saturated carbocycles. The zero-order chi connectivity index (χ0) is 21.8. The van der Waals surface area contributed by atoms with Crippen molar-refractivity contribution in [3.63, 3.8) is 0 Å². The number of carbonyl (C=O) groups excluding carboxylic acids is 1. The zero-order valence-electron chi connectivity index (χ0n) is 17.9. The molecule has 1 amide bonds. The number of imidazole rings is 1. The van der Waals surface area contributed by atoms with Gasteiger partial charge in [-0.15, -0.1) is 0 Å². The van der Waals surface area contributed by atoms with Crippen molar-refractivity contribution in [2.24, 2.45) is 0 Å². The lowest BCUT2D eigenvalue weighted by atomic mass is 9.87. The van der Waals surface area contributed by atoms with Crippen molar-refractivity contribution in [3.8, 4) is 11.4 Å². The fourth-order valence-corrected chi connectivity index (χ4v) is 3.17. The molecule has 7 nitrogen and oxygen atoms in total. The van der Waals surface area contributed by atoms with E-state index < -0.39 is 0 Å². The number of nitrogens with one attached hydrogen (secondary N) is 1. The topological polar surface area (TPSA) is 85.8 Å². The van der Waals surface area contributed by atoms with E-state index >= 15 is 0 Å². The highest BCUT2D eigenvalue weighted by Crippen LogP contribution is 2.25. The maximum Gasteiger partial charge on any atom is 0.251 e. The minimum Gasteiger partial charge on any atom is -0.343 e. The van der Waals surface area contributed by atoms with Gasteiger partial charge < -0.3 is 14.4 Å². The van der Waals surface area contributed by atoms with Crippen LogP contribution in [0.1, 0.15) is 48.1 Å². The molecule has 7 heteroatoms. The largest absolute Gasteiger partial charge is 0.343 e. The second-order valence-electron chi connectivity index (χ2n) is 8.45. The average Bonchev–Trinajstić information content (AvgIpc) is 3.44. The monoisotopic (exact) mass is 415 g/mol. The number of nitrogens with zero attached hydrogens (tertiary/aromatic N) is 4. The highest BCUT2D eigenvalue weighted by Gasteiger charge is 2.15. The van der Waals surface area contributed by atoms with Gasteiger partial charge >= 0.3 is 0 Å². The molecule has 0 atom stereocenters. The van der Waals surface area contributed by atoms with Crippen LogP contribution in [0, 0.1) is 0 Å². The van der Waals surface area contributed by atoms with Gasteiger partial charge in [0, 0.05) is 30.1 Å². The normalized spacial score (nSPS) is 11.5. The van der Waals surface area contributed by atoms with Crippen LogP contribution in [-0.2, 0) is 18.5 Å². The first kappa shape index (κ1) is 20.5. The average molecular weight is 415 g/mol.